The number of anilines is 1. The molecule has 0 saturated carbocycles. The molecule has 6 nitrogen and oxygen atoms in total. The summed E-state index contributed by atoms with van der Waals surface area (Å²) in [5.41, 5.74) is 3.24. The summed E-state index contributed by atoms with van der Waals surface area (Å²) in [6.07, 6.45) is 2.08. The van der Waals surface area contributed by atoms with Crippen molar-refractivity contribution in [3.8, 4) is 5.75 Å². The largest absolute Gasteiger partial charge is 0.573 e. The van der Waals surface area contributed by atoms with E-state index in [9.17, 15) is 27.9 Å². The maximum absolute atomic E-state index is 13.2. The molecule has 1 fully saturated rings. The number of amides is 1. The predicted octanol–water partition coefficient (Wildman–Crippen LogP) is 5.49. The molecule has 0 bridgehead atoms. The van der Waals surface area contributed by atoms with Gasteiger partial charge in [-0.3, -0.25) is 19.5 Å². The van der Waals surface area contributed by atoms with Gasteiger partial charge >= 0.3 is 6.36 Å². The zero-order valence-electron chi connectivity index (χ0n) is 19.0. The molecule has 1 aliphatic carbocycles. The Morgan fingerprint density at radius 2 is 1.72 bits per heavy atom. The lowest BCUT2D eigenvalue weighted by atomic mass is 9.89. The van der Waals surface area contributed by atoms with E-state index in [2.05, 4.69) is 9.72 Å². The monoisotopic (exact) mass is 494 g/mol. The minimum Gasteiger partial charge on any atom is -0.507 e. The average molecular weight is 494 g/mol. The second-order valence-corrected chi connectivity index (χ2v) is 8.69. The van der Waals surface area contributed by atoms with Crippen LogP contribution >= 0.6 is 0 Å². The van der Waals surface area contributed by atoms with Crippen LogP contribution in [0, 0.1) is 0 Å². The zero-order valence-corrected chi connectivity index (χ0v) is 19.0. The topological polar surface area (TPSA) is 79.7 Å². The molecule has 2 aliphatic rings. The van der Waals surface area contributed by atoms with Crippen LogP contribution in [-0.2, 0) is 22.4 Å². The number of halogens is 3. The summed E-state index contributed by atoms with van der Waals surface area (Å²) in [6, 6.07) is 12.4. The van der Waals surface area contributed by atoms with Crippen molar-refractivity contribution < 1.29 is 32.6 Å². The lowest BCUT2D eigenvalue weighted by Crippen LogP contribution is -2.29. The van der Waals surface area contributed by atoms with Crippen LogP contribution in [0.4, 0.5) is 18.9 Å². The van der Waals surface area contributed by atoms with Gasteiger partial charge in [0.05, 0.1) is 11.6 Å². The van der Waals surface area contributed by atoms with Crippen LogP contribution in [0.1, 0.15) is 41.1 Å². The van der Waals surface area contributed by atoms with Crippen LogP contribution in [0.2, 0.25) is 0 Å². The molecule has 1 amide bonds. The highest BCUT2D eigenvalue weighted by atomic mass is 19.4. The summed E-state index contributed by atoms with van der Waals surface area (Å²) in [4.78, 5) is 31.7. The van der Waals surface area contributed by atoms with Crippen LogP contribution < -0.4 is 9.64 Å². The molecule has 9 heteroatoms. The summed E-state index contributed by atoms with van der Waals surface area (Å²) in [7, 11) is 0. The van der Waals surface area contributed by atoms with Crippen molar-refractivity contribution in [2.24, 2.45) is 0 Å². The van der Waals surface area contributed by atoms with Crippen molar-refractivity contribution in [2.45, 2.75) is 38.1 Å². The molecular weight excluding hydrogens is 473 g/mol. The Labute approximate surface area is 204 Å². The van der Waals surface area contributed by atoms with Gasteiger partial charge in [0.25, 0.3) is 11.7 Å². The Hall–Kier alpha value is -4.14. The maximum atomic E-state index is 13.2. The lowest BCUT2D eigenvalue weighted by Gasteiger charge is -2.25. The SMILES string of the molecule is O=C1C(=O)N(c2ccc(OC(F)(F)F)cc2)C(c2cccnc2)/C1=C(/O)c1ccc2c(c1)CCCC2. The Morgan fingerprint density at radius 3 is 2.39 bits per heavy atom. The van der Waals surface area contributed by atoms with E-state index in [1.54, 1.807) is 18.2 Å². The van der Waals surface area contributed by atoms with E-state index in [0.717, 1.165) is 48.3 Å². The van der Waals surface area contributed by atoms with Gasteiger partial charge in [0, 0.05) is 23.6 Å². The van der Waals surface area contributed by atoms with Crippen molar-refractivity contribution in [3.63, 3.8) is 0 Å². The van der Waals surface area contributed by atoms with Crippen molar-refractivity contribution in [2.75, 3.05) is 4.90 Å². The standard InChI is InChI=1S/C27H21F3N2O4/c28-27(29,30)36-21-11-9-20(10-12-21)32-23(19-6-3-13-31-15-19)22(25(34)26(32)35)24(33)18-8-7-16-4-1-2-5-17(16)14-18/h3,6-15,23,33H,1-2,4-5H2/b24-22-. The molecule has 36 heavy (non-hydrogen) atoms. The van der Waals surface area contributed by atoms with Gasteiger partial charge in [-0.15, -0.1) is 13.2 Å². The first-order chi connectivity index (χ1) is 17.2. The van der Waals surface area contributed by atoms with Gasteiger partial charge in [-0.05, 0) is 78.8 Å². The van der Waals surface area contributed by atoms with E-state index < -0.39 is 29.8 Å². The normalized spacial score (nSPS) is 19.3. The molecule has 1 saturated heterocycles. The molecule has 1 N–H and O–H groups in total. The van der Waals surface area contributed by atoms with Crippen LogP contribution in [0.3, 0.4) is 0 Å². The number of ketones is 1. The third-order valence-electron chi connectivity index (χ3n) is 6.41. The molecule has 0 radical (unpaired) electrons. The molecule has 2 heterocycles. The smallest absolute Gasteiger partial charge is 0.507 e. The highest BCUT2D eigenvalue weighted by Crippen LogP contribution is 2.42. The van der Waals surface area contributed by atoms with Crippen molar-refractivity contribution >= 4 is 23.1 Å². The number of hydrogen-bond donors (Lipinski definition) is 1. The summed E-state index contributed by atoms with van der Waals surface area (Å²) < 4.78 is 41.6. The van der Waals surface area contributed by atoms with Gasteiger partial charge < -0.3 is 9.84 Å². The summed E-state index contributed by atoms with van der Waals surface area (Å²) in [5, 5.41) is 11.3. The van der Waals surface area contributed by atoms with Crippen molar-refractivity contribution in [1.82, 2.24) is 4.98 Å². The number of nitrogens with zero attached hydrogens (tertiary/aromatic N) is 2. The fourth-order valence-electron chi connectivity index (χ4n) is 4.80. The predicted molar refractivity (Wildman–Crippen MR) is 125 cm³/mol. The van der Waals surface area contributed by atoms with Gasteiger partial charge in [0.15, 0.2) is 0 Å². The number of pyridine rings is 1. The molecular formula is C27H21F3N2O4. The van der Waals surface area contributed by atoms with Gasteiger partial charge in [-0.25, -0.2) is 0 Å². The number of hydrogen-bond acceptors (Lipinski definition) is 5. The van der Waals surface area contributed by atoms with E-state index in [-0.39, 0.29) is 17.0 Å². The summed E-state index contributed by atoms with van der Waals surface area (Å²) >= 11 is 0. The molecule has 2 aromatic carbocycles. The summed E-state index contributed by atoms with van der Waals surface area (Å²) in [6.45, 7) is 0. The highest BCUT2D eigenvalue weighted by Gasteiger charge is 2.47. The minimum absolute atomic E-state index is 0.112. The minimum atomic E-state index is -4.87. The van der Waals surface area contributed by atoms with E-state index in [1.165, 1.54) is 30.1 Å². The molecule has 1 aliphatic heterocycles. The van der Waals surface area contributed by atoms with Crippen molar-refractivity contribution in [3.05, 3.63) is 94.8 Å². The third kappa shape index (κ3) is 4.44. The van der Waals surface area contributed by atoms with E-state index in [4.69, 9.17) is 0 Å². The molecule has 1 atom stereocenters. The number of aromatic nitrogens is 1. The molecule has 1 aromatic heterocycles. The molecule has 5 rings (SSSR count). The Kier molecular flexibility index (Phi) is 5.99. The fourth-order valence-corrected chi connectivity index (χ4v) is 4.80. The Balaban J connectivity index is 1.61. The molecule has 184 valence electrons. The number of benzene rings is 2. The average Bonchev–Trinajstić information content (AvgIpc) is 3.13. The first kappa shape index (κ1) is 23.6. The quantitative estimate of drug-likeness (QED) is 0.295. The van der Waals surface area contributed by atoms with Crippen LogP contribution in [-0.4, -0.2) is 28.1 Å². The van der Waals surface area contributed by atoms with Gasteiger partial charge in [0.2, 0.25) is 0 Å². The van der Waals surface area contributed by atoms with Gasteiger partial charge in [-0.2, -0.15) is 0 Å². The second kappa shape index (κ2) is 9.14. The second-order valence-electron chi connectivity index (χ2n) is 8.69. The maximum Gasteiger partial charge on any atom is 0.573 e. The molecule has 3 aromatic rings. The number of Topliss-reactive ketones (excluding diaryl/α,β-unsaturated/α-hetero) is 1. The zero-order chi connectivity index (χ0) is 25.4. The third-order valence-corrected chi connectivity index (χ3v) is 6.41. The van der Waals surface area contributed by atoms with Gasteiger partial charge in [-0.1, -0.05) is 18.2 Å². The van der Waals surface area contributed by atoms with Crippen molar-refractivity contribution in [1.29, 1.82) is 0 Å². The van der Waals surface area contributed by atoms with Crippen LogP contribution in [0.5, 0.6) is 5.75 Å². The number of carbonyl (C=O) groups excluding carboxylic acids is 2. The molecule has 1 unspecified atom stereocenters. The van der Waals surface area contributed by atoms with E-state index in [0.29, 0.717) is 11.1 Å². The number of rotatable bonds is 4. The number of fused-ring (bicyclic) bond motifs is 1. The summed E-state index contributed by atoms with van der Waals surface area (Å²) in [5.74, 6) is -2.58. The Bertz CT molecular complexity index is 1350. The number of carbonyl (C=O) groups is 2. The van der Waals surface area contributed by atoms with Crippen LogP contribution in [0.25, 0.3) is 5.76 Å². The van der Waals surface area contributed by atoms with Crippen LogP contribution in [0.15, 0.2) is 72.6 Å². The highest BCUT2D eigenvalue weighted by molar-refractivity contribution is 6.51. The number of ether oxygens (including phenoxy) is 1. The van der Waals surface area contributed by atoms with Gasteiger partial charge in [0.1, 0.15) is 11.5 Å². The number of aliphatic hydroxyl groups is 1. The lowest BCUT2D eigenvalue weighted by molar-refractivity contribution is -0.274. The fraction of sp³-hybridized carbons (Fsp3) is 0.222. The molecule has 0 spiro atoms. The first-order valence-corrected chi connectivity index (χ1v) is 11.4. The Morgan fingerprint density at radius 1 is 1.00 bits per heavy atom. The first-order valence-electron chi connectivity index (χ1n) is 11.4. The number of aliphatic hydroxyl groups excluding tert-OH is 1. The van der Waals surface area contributed by atoms with E-state index >= 15 is 0 Å². The number of alkyl halides is 3. The van der Waals surface area contributed by atoms with E-state index in [1.807, 2.05) is 12.1 Å². The number of aryl methyl sites for hydroxylation is 2.